The normalized spacial score (nSPS) is 15.9. The van der Waals surface area contributed by atoms with Crippen molar-refractivity contribution in [2.75, 3.05) is 19.7 Å². The van der Waals surface area contributed by atoms with Crippen LogP contribution < -0.4 is 25.4 Å². The van der Waals surface area contributed by atoms with E-state index in [1.54, 1.807) is 24.4 Å². The van der Waals surface area contributed by atoms with E-state index in [9.17, 15) is 14.7 Å². The zero-order valence-corrected chi connectivity index (χ0v) is 24.5. The van der Waals surface area contributed by atoms with Crippen molar-refractivity contribution in [2.24, 2.45) is 0 Å². The Kier molecular flexibility index (Phi) is 9.88. The molecule has 0 radical (unpaired) electrons. The van der Waals surface area contributed by atoms with Gasteiger partial charge < -0.3 is 25.2 Å². The molecule has 5 rings (SSSR count). The van der Waals surface area contributed by atoms with Crippen molar-refractivity contribution in [3.8, 4) is 22.6 Å². The molecule has 0 fully saturated rings. The number of amides is 2. The third-order valence-corrected chi connectivity index (χ3v) is 7.52. The Morgan fingerprint density at radius 1 is 1.00 bits per heavy atom. The number of carbonyl (C=O) groups is 2. The summed E-state index contributed by atoms with van der Waals surface area (Å²) in [4.78, 5) is 29.4. The molecule has 9 nitrogen and oxygen atoms in total. The number of ether oxygens (including phenoxy) is 2. The first-order chi connectivity index (χ1) is 20.9. The predicted octanol–water partition coefficient (Wildman–Crippen LogP) is 4.18. The van der Waals surface area contributed by atoms with Crippen LogP contribution in [-0.2, 0) is 24.6 Å². The van der Waals surface area contributed by atoms with Gasteiger partial charge in [0.25, 0.3) is 5.91 Å². The lowest BCUT2D eigenvalue weighted by Crippen LogP contribution is -2.48. The molecule has 4 N–H and O–H groups in total. The van der Waals surface area contributed by atoms with Crippen molar-refractivity contribution in [1.82, 2.24) is 20.9 Å². The summed E-state index contributed by atoms with van der Waals surface area (Å²) in [5.74, 6) is 0.193. The van der Waals surface area contributed by atoms with Crippen molar-refractivity contribution in [2.45, 2.75) is 32.7 Å². The number of benzene rings is 3. The van der Waals surface area contributed by atoms with Gasteiger partial charge in [0.05, 0.1) is 17.2 Å². The number of aromatic nitrogens is 1. The summed E-state index contributed by atoms with van der Waals surface area (Å²) < 4.78 is 12.4. The maximum atomic E-state index is 12.6. The highest BCUT2D eigenvalue weighted by Crippen LogP contribution is 2.35. The van der Waals surface area contributed by atoms with Crippen molar-refractivity contribution < 1.29 is 24.2 Å². The van der Waals surface area contributed by atoms with Crippen LogP contribution in [0.15, 0.2) is 79.1 Å². The predicted molar refractivity (Wildman–Crippen MR) is 164 cm³/mol. The van der Waals surface area contributed by atoms with E-state index in [0.29, 0.717) is 33.2 Å². The summed E-state index contributed by atoms with van der Waals surface area (Å²) in [7, 11) is 0. The molecular weight excluding hydrogens is 568 g/mol. The van der Waals surface area contributed by atoms with Crippen LogP contribution in [-0.4, -0.2) is 47.6 Å². The first-order valence-electron chi connectivity index (χ1n) is 14.0. The van der Waals surface area contributed by atoms with Crippen molar-refractivity contribution in [3.63, 3.8) is 0 Å². The van der Waals surface area contributed by atoms with E-state index in [1.807, 2.05) is 30.3 Å². The molecule has 0 saturated heterocycles. The summed E-state index contributed by atoms with van der Waals surface area (Å²) in [6.07, 6.45) is 3.11. The molecule has 222 valence electrons. The second-order valence-electron chi connectivity index (χ2n) is 10.2. The fourth-order valence-electron chi connectivity index (χ4n) is 4.80. The number of halogens is 1. The zero-order chi connectivity index (χ0) is 30.2. The number of hydrogen-bond acceptors (Lipinski definition) is 7. The van der Waals surface area contributed by atoms with Gasteiger partial charge in [-0.25, -0.2) is 0 Å². The van der Waals surface area contributed by atoms with Crippen molar-refractivity contribution >= 4 is 23.4 Å². The number of pyridine rings is 1. The Morgan fingerprint density at radius 3 is 2.63 bits per heavy atom. The Balaban J connectivity index is 1.42. The van der Waals surface area contributed by atoms with E-state index in [2.05, 4.69) is 46.1 Å². The lowest BCUT2D eigenvalue weighted by atomic mass is 9.97. The molecule has 0 unspecified atom stereocenters. The third-order valence-electron chi connectivity index (χ3n) is 7.23. The minimum absolute atomic E-state index is 0.129. The molecule has 2 heterocycles. The summed E-state index contributed by atoms with van der Waals surface area (Å²) >= 11 is 6.68. The minimum Gasteiger partial charge on any atom is -0.488 e. The number of aliphatic hydroxyl groups excluding tert-OH is 1. The van der Waals surface area contributed by atoms with Crippen LogP contribution >= 0.6 is 11.6 Å². The number of aliphatic hydroxyl groups is 1. The van der Waals surface area contributed by atoms with E-state index in [4.69, 9.17) is 21.1 Å². The molecule has 0 spiro atoms. The standard InChI is InChI=1S/C33H33ClN4O5/c1-21-24(8-5-9-27(21)23-6-3-2-4-7-23)20-43-31-14-30-25(13-28(31)34)17-38-29(18-39)33(41)37-11-10-36-32(40)26-12-22(19-42-30)15-35-16-26/h2-9,12-16,29,38-39H,10-11,17-20H2,1H3,(H,36,40)(H,37,41)/t29-/m0/s1. The minimum atomic E-state index is -0.872. The molecule has 1 aliphatic heterocycles. The van der Waals surface area contributed by atoms with Gasteiger partial charge in [-0.1, -0.05) is 60.1 Å². The largest absolute Gasteiger partial charge is 0.488 e. The van der Waals surface area contributed by atoms with Gasteiger partial charge in [0.2, 0.25) is 5.91 Å². The number of carbonyl (C=O) groups excluding carboxylic acids is 2. The molecule has 43 heavy (non-hydrogen) atoms. The summed E-state index contributed by atoms with van der Waals surface area (Å²) in [5.41, 5.74) is 6.13. The molecule has 2 bridgehead atoms. The maximum Gasteiger partial charge on any atom is 0.252 e. The van der Waals surface area contributed by atoms with Crippen LogP contribution in [0.1, 0.15) is 32.6 Å². The van der Waals surface area contributed by atoms with Gasteiger partial charge in [0.15, 0.2) is 0 Å². The van der Waals surface area contributed by atoms with Crippen LogP contribution in [0.2, 0.25) is 5.02 Å². The Labute approximate surface area is 255 Å². The molecular formula is C33H33ClN4O5. The van der Waals surface area contributed by atoms with Crippen molar-refractivity contribution in [3.05, 3.63) is 112 Å². The van der Waals surface area contributed by atoms with Gasteiger partial charge in [-0.3, -0.25) is 19.9 Å². The average Bonchev–Trinajstić information content (AvgIpc) is 3.03. The quantitative estimate of drug-likeness (QED) is 0.271. The first-order valence-corrected chi connectivity index (χ1v) is 14.4. The Hall–Kier alpha value is -4.44. The molecule has 1 aromatic heterocycles. The summed E-state index contributed by atoms with van der Waals surface area (Å²) in [6.45, 7) is 2.70. The number of nitrogens with zero attached hydrogens (tertiary/aromatic N) is 1. The van der Waals surface area contributed by atoms with Crippen LogP contribution in [0.5, 0.6) is 11.5 Å². The Bertz CT molecular complexity index is 1600. The molecule has 3 aromatic carbocycles. The number of nitrogens with one attached hydrogen (secondary N) is 3. The van der Waals surface area contributed by atoms with E-state index < -0.39 is 18.6 Å². The zero-order valence-electron chi connectivity index (χ0n) is 23.7. The first kappa shape index (κ1) is 30.0. The van der Waals surface area contributed by atoms with Crippen LogP contribution in [0.4, 0.5) is 0 Å². The fourth-order valence-corrected chi connectivity index (χ4v) is 5.04. The second-order valence-corrected chi connectivity index (χ2v) is 10.6. The lowest BCUT2D eigenvalue weighted by Gasteiger charge is -2.20. The molecule has 4 aromatic rings. The summed E-state index contributed by atoms with van der Waals surface area (Å²) in [6, 6.07) is 20.6. The topological polar surface area (TPSA) is 122 Å². The highest BCUT2D eigenvalue weighted by Gasteiger charge is 2.20. The molecule has 1 atom stereocenters. The van der Waals surface area contributed by atoms with E-state index in [1.165, 1.54) is 6.20 Å². The van der Waals surface area contributed by atoms with Crippen molar-refractivity contribution in [1.29, 1.82) is 0 Å². The number of rotatable bonds is 5. The average molecular weight is 601 g/mol. The molecule has 2 amide bonds. The van der Waals surface area contributed by atoms with Crippen LogP contribution in [0.25, 0.3) is 11.1 Å². The maximum absolute atomic E-state index is 12.6. The molecule has 1 aliphatic rings. The number of hydrogen-bond donors (Lipinski definition) is 4. The third kappa shape index (κ3) is 7.50. The van der Waals surface area contributed by atoms with Gasteiger partial charge in [-0.05, 0) is 41.3 Å². The number of fused-ring (bicyclic) bond motifs is 3. The fraction of sp³-hybridized carbons (Fsp3) is 0.242. The molecule has 0 saturated carbocycles. The molecule has 10 heteroatoms. The van der Waals surface area contributed by atoms with Gasteiger partial charge in [0, 0.05) is 49.2 Å². The second kappa shape index (κ2) is 14.2. The van der Waals surface area contributed by atoms with Crippen LogP contribution in [0, 0.1) is 6.92 Å². The van der Waals surface area contributed by atoms with Gasteiger partial charge in [-0.15, -0.1) is 0 Å². The summed E-state index contributed by atoms with van der Waals surface area (Å²) in [5, 5.41) is 18.8. The lowest BCUT2D eigenvalue weighted by molar-refractivity contribution is -0.124. The highest BCUT2D eigenvalue weighted by atomic mass is 35.5. The van der Waals surface area contributed by atoms with Gasteiger partial charge in [-0.2, -0.15) is 0 Å². The highest BCUT2D eigenvalue weighted by molar-refractivity contribution is 6.32. The molecule has 0 aliphatic carbocycles. The van der Waals surface area contributed by atoms with E-state index in [-0.39, 0.29) is 38.8 Å². The SMILES string of the molecule is Cc1c(COc2cc3c(cc2Cl)CN[C@@H](CO)C(=O)NCCNC(=O)c2cncc(c2)CO3)cccc1-c1ccccc1. The van der Waals surface area contributed by atoms with E-state index in [0.717, 1.165) is 22.3 Å². The van der Waals surface area contributed by atoms with Crippen LogP contribution in [0.3, 0.4) is 0 Å². The monoisotopic (exact) mass is 600 g/mol. The smallest absolute Gasteiger partial charge is 0.252 e. The van der Waals surface area contributed by atoms with Gasteiger partial charge >= 0.3 is 0 Å². The Morgan fingerprint density at radius 2 is 1.81 bits per heavy atom. The van der Waals surface area contributed by atoms with Gasteiger partial charge in [0.1, 0.15) is 30.8 Å². The van der Waals surface area contributed by atoms with E-state index >= 15 is 0 Å².